The number of carbonyl (C=O) groups is 1. The summed E-state index contributed by atoms with van der Waals surface area (Å²) >= 11 is 3.46. The molecule has 0 unspecified atom stereocenters. The van der Waals surface area contributed by atoms with E-state index in [0.717, 1.165) is 22.1 Å². The molecule has 0 saturated heterocycles. The van der Waals surface area contributed by atoms with Gasteiger partial charge in [0.25, 0.3) is 0 Å². The van der Waals surface area contributed by atoms with Crippen LogP contribution >= 0.6 is 15.9 Å². The van der Waals surface area contributed by atoms with E-state index in [2.05, 4.69) is 15.9 Å². The van der Waals surface area contributed by atoms with E-state index in [-0.39, 0.29) is 0 Å². The maximum absolute atomic E-state index is 11.1. The van der Waals surface area contributed by atoms with Crippen LogP contribution in [0.2, 0.25) is 0 Å². The van der Waals surface area contributed by atoms with Crippen LogP contribution in [0.15, 0.2) is 16.6 Å². The average molecular weight is 285 g/mol. The highest BCUT2D eigenvalue weighted by atomic mass is 79.9. The van der Waals surface area contributed by atoms with Gasteiger partial charge in [-0.3, -0.25) is 0 Å². The lowest BCUT2D eigenvalue weighted by Crippen LogP contribution is -2.21. The Kier molecular flexibility index (Phi) is 2.93. The predicted octanol–water partition coefficient (Wildman–Crippen LogP) is 2.70. The van der Waals surface area contributed by atoms with Gasteiger partial charge in [-0.15, -0.1) is 0 Å². The van der Waals surface area contributed by atoms with Crippen LogP contribution in [0.3, 0.4) is 0 Å². The van der Waals surface area contributed by atoms with E-state index in [1.807, 2.05) is 26.0 Å². The van der Waals surface area contributed by atoms with Crippen molar-refractivity contribution in [3.05, 3.63) is 22.2 Å². The highest BCUT2D eigenvalue weighted by Crippen LogP contribution is 2.39. The number of hydrogen-bond acceptors (Lipinski definition) is 3. The first-order valence-corrected chi connectivity index (χ1v) is 5.90. The van der Waals surface area contributed by atoms with Crippen LogP contribution in [0.25, 0.3) is 0 Å². The summed E-state index contributed by atoms with van der Waals surface area (Å²) in [5.74, 6) is 1.43. The molecule has 1 heterocycles. The van der Waals surface area contributed by atoms with Crippen molar-refractivity contribution in [2.45, 2.75) is 19.3 Å². The van der Waals surface area contributed by atoms with Gasteiger partial charge < -0.3 is 14.3 Å². The van der Waals surface area contributed by atoms with Gasteiger partial charge >= 0.3 is 0 Å². The lowest BCUT2D eigenvalue weighted by molar-refractivity contribution is -0.111. The number of benzene rings is 1. The second-order valence-corrected chi connectivity index (χ2v) is 5.17. The topological polar surface area (TPSA) is 35.5 Å². The molecule has 1 aliphatic rings. The first-order valence-electron chi connectivity index (χ1n) is 5.10. The Labute approximate surface area is 103 Å². The summed E-state index contributed by atoms with van der Waals surface area (Å²) in [5.41, 5.74) is 0.376. The largest absolute Gasteiger partial charge is 0.486 e. The standard InChI is InChI=1S/C12H13BrO3/c1-12(2,7-14)8-5-10-11(6-9(8)13)16-4-3-15-10/h5-7H,3-4H2,1-2H3. The fraction of sp³-hybridized carbons (Fsp3) is 0.417. The Hall–Kier alpha value is -1.03. The summed E-state index contributed by atoms with van der Waals surface area (Å²) in [6, 6.07) is 3.72. The molecule has 0 fully saturated rings. The molecule has 0 atom stereocenters. The number of halogens is 1. The highest BCUT2D eigenvalue weighted by molar-refractivity contribution is 9.10. The maximum atomic E-state index is 11.1. The Morgan fingerprint density at radius 3 is 2.38 bits per heavy atom. The molecule has 0 bridgehead atoms. The van der Waals surface area contributed by atoms with E-state index in [9.17, 15) is 4.79 Å². The molecule has 1 aliphatic heterocycles. The smallest absolute Gasteiger partial charge is 0.162 e. The quantitative estimate of drug-likeness (QED) is 0.784. The van der Waals surface area contributed by atoms with Gasteiger partial charge in [-0.05, 0) is 31.5 Å². The molecule has 0 radical (unpaired) electrons. The predicted molar refractivity (Wildman–Crippen MR) is 64.2 cm³/mol. The molecule has 0 N–H and O–H groups in total. The second kappa shape index (κ2) is 4.09. The number of aldehydes is 1. The molecule has 2 rings (SSSR count). The van der Waals surface area contributed by atoms with Gasteiger partial charge in [-0.1, -0.05) is 15.9 Å². The number of fused-ring (bicyclic) bond motifs is 1. The van der Waals surface area contributed by atoms with E-state index >= 15 is 0 Å². The fourth-order valence-corrected chi connectivity index (χ4v) is 2.45. The second-order valence-electron chi connectivity index (χ2n) is 4.32. The van der Waals surface area contributed by atoms with Gasteiger partial charge in [0.1, 0.15) is 19.5 Å². The van der Waals surface area contributed by atoms with Gasteiger partial charge in [-0.2, -0.15) is 0 Å². The number of carbonyl (C=O) groups excluding carboxylic acids is 1. The van der Waals surface area contributed by atoms with Crippen LogP contribution in [0.1, 0.15) is 19.4 Å². The molecule has 16 heavy (non-hydrogen) atoms. The molecular weight excluding hydrogens is 272 g/mol. The summed E-state index contributed by atoms with van der Waals surface area (Å²) in [6.07, 6.45) is 0.934. The van der Waals surface area contributed by atoms with Crippen LogP contribution in [0.4, 0.5) is 0 Å². The first-order chi connectivity index (χ1) is 7.54. The average Bonchev–Trinajstić information content (AvgIpc) is 2.28. The van der Waals surface area contributed by atoms with Crippen LogP contribution in [0, 0.1) is 0 Å². The van der Waals surface area contributed by atoms with Gasteiger partial charge in [0.2, 0.25) is 0 Å². The monoisotopic (exact) mass is 284 g/mol. The summed E-state index contributed by atoms with van der Waals surface area (Å²) in [7, 11) is 0. The molecule has 0 aromatic heterocycles. The van der Waals surface area contributed by atoms with Crippen molar-refractivity contribution in [1.29, 1.82) is 0 Å². The van der Waals surface area contributed by atoms with Crippen molar-refractivity contribution < 1.29 is 14.3 Å². The van der Waals surface area contributed by atoms with E-state index in [4.69, 9.17) is 9.47 Å². The van der Waals surface area contributed by atoms with Gasteiger partial charge in [0.05, 0.1) is 0 Å². The minimum Gasteiger partial charge on any atom is -0.486 e. The lowest BCUT2D eigenvalue weighted by Gasteiger charge is -2.24. The van der Waals surface area contributed by atoms with Gasteiger partial charge in [-0.25, -0.2) is 0 Å². The zero-order valence-electron chi connectivity index (χ0n) is 9.25. The molecular formula is C12H13BrO3. The minimum atomic E-state index is -0.533. The maximum Gasteiger partial charge on any atom is 0.162 e. The van der Waals surface area contributed by atoms with Crippen LogP contribution < -0.4 is 9.47 Å². The highest BCUT2D eigenvalue weighted by Gasteiger charge is 2.25. The molecule has 4 heteroatoms. The molecule has 0 saturated carbocycles. The molecule has 3 nitrogen and oxygen atoms in total. The minimum absolute atomic E-state index is 0.533. The van der Waals surface area contributed by atoms with Crippen LogP contribution in [-0.2, 0) is 10.2 Å². The third-order valence-corrected chi connectivity index (χ3v) is 3.28. The van der Waals surface area contributed by atoms with Crippen molar-refractivity contribution in [3.63, 3.8) is 0 Å². The van der Waals surface area contributed by atoms with Crippen molar-refractivity contribution >= 4 is 22.2 Å². The van der Waals surface area contributed by atoms with Crippen molar-refractivity contribution in [3.8, 4) is 11.5 Å². The van der Waals surface area contributed by atoms with Crippen molar-refractivity contribution in [2.75, 3.05) is 13.2 Å². The summed E-state index contributed by atoms with van der Waals surface area (Å²) in [6.45, 7) is 4.86. The normalized spacial score (nSPS) is 14.7. The SMILES string of the molecule is CC(C)(C=O)c1cc2c(cc1Br)OCCO2. The molecule has 86 valence electrons. The Morgan fingerprint density at radius 2 is 1.81 bits per heavy atom. The van der Waals surface area contributed by atoms with Crippen molar-refractivity contribution in [2.24, 2.45) is 0 Å². The third kappa shape index (κ3) is 1.94. The van der Waals surface area contributed by atoms with E-state index in [1.54, 1.807) is 0 Å². The first kappa shape index (κ1) is 11.5. The third-order valence-electron chi connectivity index (χ3n) is 2.62. The molecule has 1 aromatic rings. The van der Waals surface area contributed by atoms with Gasteiger partial charge in [0, 0.05) is 9.89 Å². The van der Waals surface area contributed by atoms with Crippen molar-refractivity contribution in [1.82, 2.24) is 0 Å². The number of hydrogen-bond donors (Lipinski definition) is 0. The number of rotatable bonds is 2. The summed E-state index contributed by atoms with van der Waals surface area (Å²) in [5, 5.41) is 0. The Balaban J connectivity index is 2.51. The Bertz CT molecular complexity index is 427. The molecule has 0 amide bonds. The fourth-order valence-electron chi connectivity index (χ4n) is 1.62. The summed E-state index contributed by atoms with van der Waals surface area (Å²) in [4.78, 5) is 11.1. The molecule has 1 aromatic carbocycles. The van der Waals surface area contributed by atoms with Gasteiger partial charge in [0.15, 0.2) is 11.5 Å². The lowest BCUT2D eigenvalue weighted by atomic mass is 9.86. The molecule has 0 aliphatic carbocycles. The van der Waals surface area contributed by atoms with E-state index < -0.39 is 5.41 Å². The van der Waals surface area contributed by atoms with Crippen LogP contribution in [0.5, 0.6) is 11.5 Å². The van der Waals surface area contributed by atoms with E-state index in [1.165, 1.54) is 0 Å². The van der Waals surface area contributed by atoms with Crippen LogP contribution in [-0.4, -0.2) is 19.5 Å². The van der Waals surface area contributed by atoms with E-state index in [0.29, 0.717) is 19.0 Å². The molecule has 0 spiro atoms. The zero-order chi connectivity index (χ0) is 11.8. The Morgan fingerprint density at radius 1 is 1.25 bits per heavy atom. The summed E-state index contributed by atoms with van der Waals surface area (Å²) < 4.78 is 11.8. The number of ether oxygens (including phenoxy) is 2. The zero-order valence-corrected chi connectivity index (χ0v) is 10.8.